The summed E-state index contributed by atoms with van der Waals surface area (Å²) in [6, 6.07) is 9.24. The van der Waals surface area contributed by atoms with Gasteiger partial charge in [-0.15, -0.1) is 11.3 Å². The number of aromatic nitrogens is 1. The molecule has 2 unspecified atom stereocenters. The quantitative estimate of drug-likeness (QED) is 0.892. The highest BCUT2D eigenvalue weighted by Gasteiger charge is 2.31. The van der Waals surface area contributed by atoms with Crippen molar-refractivity contribution in [1.82, 2.24) is 10.3 Å². The highest BCUT2D eigenvalue weighted by atomic mass is 32.1. The minimum Gasteiger partial charge on any atom is -0.346 e. The monoisotopic (exact) mass is 303 g/mol. The third kappa shape index (κ3) is 3.49. The van der Waals surface area contributed by atoms with Crippen molar-refractivity contribution in [2.45, 2.75) is 38.8 Å². The topological polar surface area (TPSA) is 68.0 Å². The van der Waals surface area contributed by atoms with Crippen LogP contribution in [0, 0.1) is 0 Å². The number of hydrogen-bond acceptors (Lipinski definition) is 4. The number of rotatable bonds is 5. The Morgan fingerprint density at radius 3 is 2.67 bits per heavy atom. The molecule has 0 fully saturated rings. The van der Waals surface area contributed by atoms with Gasteiger partial charge in [0.15, 0.2) is 0 Å². The molecule has 21 heavy (non-hydrogen) atoms. The Hall–Kier alpha value is -1.72. The zero-order valence-electron chi connectivity index (χ0n) is 12.6. The molecule has 3 N–H and O–H groups in total. The number of amides is 1. The molecule has 1 amide bonds. The first-order valence-electron chi connectivity index (χ1n) is 7.04. The first-order valence-corrected chi connectivity index (χ1v) is 7.92. The second-order valence-corrected chi connectivity index (χ2v) is 6.23. The Morgan fingerprint density at radius 2 is 2.10 bits per heavy atom. The van der Waals surface area contributed by atoms with Gasteiger partial charge in [-0.2, -0.15) is 0 Å². The Bertz CT molecular complexity index is 607. The van der Waals surface area contributed by atoms with Gasteiger partial charge < -0.3 is 11.1 Å². The SMILES string of the molecule is CCc1nc(C(C)NC(=O)C(C)(N)c2ccccc2)cs1. The molecule has 0 saturated heterocycles. The average molecular weight is 303 g/mol. The molecule has 0 aliphatic rings. The maximum absolute atomic E-state index is 12.5. The van der Waals surface area contributed by atoms with Gasteiger partial charge in [0, 0.05) is 5.38 Å². The van der Waals surface area contributed by atoms with E-state index >= 15 is 0 Å². The molecule has 2 rings (SSSR count). The van der Waals surface area contributed by atoms with E-state index in [0.717, 1.165) is 22.7 Å². The molecular formula is C16H21N3OS. The molecule has 0 saturated carbocycles. The third-order valence-electron chi connectivity index (χ3n) is 3.51. The van der Waals surface area contributed by atoms with Crippen LogP contribution in [0.1, 0.15) is 43.1 Å². The van der Waals surface area contributed by atoms with Crippen LogP contribution in [0.15, 0.2) is 35.7 Å². The molecule has 1 heterocycles. The van der Waals surface area contributed by atoms with Gasteiger partial charge in [-0.1, -0.05) is 37.3 Å². The summed E-state index contributed by atoms with van der Waals surface area (Å²) in [5.74, 6) is -0.202. The fourth-order valence-electron chi connectivity index (χ4n) is 2.02. The van der Waals surface area contributed by atoms with Crippen LogP contribution >= 0.6 is 11.3 Å². The lowest BCUT2D eigenvalue weighted by Gasteiger charge is -2.26. The van der Waals surface area contributed by atoms with Crippen LogP contribution in [0.5, 0.6) is 0 Å². The number of benzene rings is 1. The van der Waals surface area contributed by atoms with Crippen LogP contribution in [0.2, 0.25) is 0 Å². The molecule has 0 aliphatic carbocycles. The molecule has 1 aromatic heterocycles. The number of nitrogens with one attached hydrogen (secondary N) is 1. The van der Waals surface area contributed by atoms with Gasteiger partial charge in [-0.05, 0) is 25.8 Å². The molecule has 2 aromatic rings. The van der Waals surface area contributed by atoms with Gasteiger partial charge in [0.2, 0.25) is 5.91 Å². The second-order valence-electron chi connectivity index (χ2n) is 5.28. The van der Waals surface area contributed by atoms with Gasteiger partial charge in [-0.25, -0.2) is 4.98 Å². The van der Waals surface area contributed by atoms with E-state index in [9.17, 15) is 4.79 Å². The van der Waals surface area contributed by atoms with Gasteiger partial charge in [0.05, 0.1) is 16.7 Å². The number of carbonyl (C=O) groups excluding carboxylic acids is 1. The van der Waals surface area contributed by atoms with E-state index in [-0.39, 0.29) is 11.9 Å². The van der Waals surface area contributed by atoms with E-state index in [2.05, 4.69) is 17.2 Å². The molecule has 112 valence electrons. The molecular weight excluding hydrogens is 282 g/mol. The standard InChI is InChI=1S/C16H21N3OS/c1-4-14-19-13(10-21-14)11(2)18-15(20)16(3,17)12-8-6-5-7-9-12/h5-11H,4,17H2,1-3H3,(H,18,20). The molecule has 2 atom stereocenters. The number of thiazole rings is 1. The van der Waals surface area contributed by atoms with Crippen LogP contribution < -0.4 is 11.1 Å². The van der Waals surface area contributed by atoms with E-state index in [0.29, 0.717) is 0 Å². The maximum Gasteiger partial charge on any atom is 0.244 e. The number of aryl methyl sites for hydroxylation is 1. The van der Waals surface area contributed by atoms with Crippen molar-refractivity contribution in [2.24, 2.45) is 5.73 Å². The maximum atomic E-state index is 12.5. The summed E-state index contributed by atoms with van der Waals surface area (Å²) in [6.45, 7) is 5.72. The summed E-state index contributed by atoms with van der Waals surface area (Å²) < 4.78 is 0. The van der Waals surface area contributed by atoms with Crippen LogP contribution in [-0.2, 0) is 16.8 Å². The van der Waals surface area contributed by atoms with Crippen molar-refractivity contribution in [3.05, 3.63) is 52.0 Å². The summed E-state index contributed by atoms with van der Waals surface area (Å²) in [7, 11) is 0. The second kappa shape index (κ2) is 6.37. The molecule has 0 radical (unpaired) electrons. The summed E-state index contributed by atoms with van der Waals surface area (Å²) in [4.78, 5) is 17.0. The van der Waals surface area contributed by atoms with E-state index in [1.165, 1.54) is 0 Å². The van der Waals surface area contributed by atoms with Crippen molar-refractivity contribution in [1.29, 1.82) is 0 Å². The van der Waals surface area contributed by atoms with Crippen molar-refractivity contribution >= 4 is 17.2 Å². The minimum absolute atomic E-state index is 0.152. The smallest absolute Gasteiger partial charge is 0.244 e. The first-order chi connectivity index (χ1) is 9.95. The van der Waals surface area contributed by atoms with Gasteiger partial charge >= 0.3 is 0 Å². The molecule has 0 aliphatic heterocycles. The van der Waals surface area contributed by atoms with Gasteiger partial charge in [0.25, 0.3) is 0 Å². The molecule has 5 heteroatoms. The predicted molar refractivity (Wildman–Crippen MR) is 86.0 cm³/mol. The Morgan fingerprint density at radius 1 is 1.43 bits per heavy atom. The average Bonchev–Trinajstić information content (AvgIpc) is 2.97. The highest BCUT2D eigenvalue weighted by molar-refractivity contribution is 7.09. The highest BCUT2D eigenvalue weighted by Crippen LogP contribution is 2.21. The van der Waals surface area contributed by atoms with Crippen LogP contribution in [0.4, 0.5) is 0 Å². The molecule has 4 nitrogen and oxygen atoms in total. The zero-order chi connectivity index (χ0) is 15.5. The normalized spacial score (nSPS) is 15.2. The number of nitrogens with zero attached hydrogens (tertiary/aromatic N) is 1. The molecule has 0 bridgehead atoms. The van der Waals surface area contributed by atoms with E-state index < -0.39 is 5.54 Å². The van der Waals surface area contributed by atoms with E-state index in [1.54, 1.807) is 18.3 Å². The van der Waals surface area contributed by atoms with Gasteiger partial charge in [0.1, 0.15) is 5.54 Å². The Balaban J connectivity index is 2.10. The van der Waals surface area contributed by atoms with Crippen LogP contribution in [0.25, 0.3) is 0 Å². The number of carbonyl (C=O) groups is 1. The lowest BCUT2D eigenvalue weighted by atomic mass is 9.92. The van der Waals surface area contributed by atoms with E-state index in [4.69, 9.17) is 5.73 Å². The Kier molecular flexibility index (Phi) is 4.75. The molecule has 1 aromatic carbocycles. The van der Waals surface area contributed by atoms with Gasteiger partial charge in [-0.3, -0.25) is 4.79 Å². The summed E-state index contributed by atoms with van der Waals surface area (Å²) in [5, 5.41) is 6.01. The van der Waals surface area contributed by atoms with Crippen molar-refractivity contribution in [3.63, 3.8) is 0 Å². The molecule has 0 spiro atoms. The first kappa shape index (κ1) is 15.7. The summed E-state index contributed by atoms with van der Waals surface area (Å²) in [6.07, 6.45) is 0.907. The lowest BCUT2D eigenvalue weighted by Crippen LogP contribution is -2.49. The van der Waals surface area contributed by atoms with Crippen molar-refractivity contribution in [2.75, 3.05) is 0 Å². The zero-order valence-corrected chi connectivity index (χ0v) is 13.4. The third-order valence-corrected chi connectivity index (χ3v) is 4.52. The predicted octanol–water partition coefficient (Wildman–Crippen LogP) is 2.76. The number of hydrogen-bond donors (Lipinski definition) is 2. The summed E-state index contributed by atoms with van der Waals surface area (Å²) in [5.41, 5.74) is 6.83. The largest absolute Gasteiger partial charge is 0.346 e. The van der Waals surface area contributed by atoms with Crippen molar-refractivity contribution in [3.8, 4) is 0 Å². The van der Waals surface area contributed by atoms with Crippen LogP contribution in [-0.4, -0.2) is 10.9 Å². The number of nitrogens with two attached hydrogens (primary N) is 1. The van der Waals surface area contributed by atoms with Crippen molar-refractivity contribution < 1.29 is 4.79 Å². The fourth-order valence-corrected chi connectivity index (χ4v) is 2.86. The van der Waals surface area contributed by atoms with E-state index in [1.807, 2.05) is 42.6 Å². The fraction of sp³-hybridized carbons (Fsp3) is 0.375. The minimum atomic E-state index is -1.06. The van der Waals surface area contributed by atoms with Crippen LogP contribution in [0.3, 0.4) is 0 Å². The lowest BCUT2D eigenvalue weighted by molar-refractivity contribution is -0.126. The summed E-state index contributed by atoms with van der Waals surface area (Å²) >= 11 is 1.62. The Labute approximate surface area is 129 Å².